The van der Waals surface area contributed by atoms with E-state index in [9.17, 15) is 4.79 Å². The SMILES string of the molecule is CC(C)C[C@H](SC(C)(C)CNC(C)C)C(=O)C(C)C. The maximum absolute atomic E-state index is 12.4. The van der Waals surface area contributed by atoms with Gasteiger partial charge in [0.15, 0.2) is 0 Å². The van der Waals surface area contributed by atoms with Crippen LogP contribution in [0.15, 0.2) is 0 Å². The Morgan fingerprint density at radius 3 is 2.00 bits per heavy atom. The van der Waals surface area contributed by atoms with Gasteiger partial charge >= 0.3 is 0 Å². The molecule has 114 valence electrons. The van der Waals surface area contributed by atoms with E-state index in [0.29, 0.717) is 17.7 Å². The summed E-state index contributed by atoms with van der Waals surface area (Å²) in [6.45, 7) is 18.1. The predicted molar refractivity (Wildman–Crippen MR) is 87.9 cm³/mol. The average molecular weight is 288 g/mol. The Bertz CT molecular complexity index is 272. The Kier molecular flexibility index (Phi) is 8.30. The summed E-state index contributed by atoms with van der Waals surface area (Å²) in [6.07, 6.45) is 0.979. The zero-order chi connectivity index (χ0) is 15.2. The topological polar surface area (TPSA) is 29.1 Å². The molecule has 0 unspecified atom stereocenters. The maximum Gasteiger partial charge on any atom is 0.148 e. The number of thioether (sulfide) groups is 1. The first kappa shape index (κ1) is 19.0. The fraction of sp³-hybridized carbons (Fsp3) is 0.938. The van der Waals surface area contributed by atoms with E-state index in [0.717, 1.165) is 13.0 Å². The summed E-state index contributed by atoms with van der Waals surface area (Å²) in [5.41, 5.74) is 0. The van der Waals surface area contributed by atoms with Crippen LogP contribution in [0.5, 0.6) is 0 Å². The molecule has 2 nitrogen and oxygen atoms in total. The van der Waals surface area contributed by atoms with Gasteiger partial charge in [-0.25, -0.2) is 0 Å². The molecule has 0 heterocycles. The molecule has 3 heteroatoms. The van der Waals surface area contributed by atoms with Crippen molar-refractivity contribution in [1.82, 2.24) is 5.32 Å². The Labute approximate surface area is 124 Å². The Balaban J connectivity index is 4.65. The van der Waals surface area contributed by atoms with E-state index in [2.05, 4.69) is 46.9 Å². The van der Waals surface area contributed by atoms with Gasteiger partial charge in [-0.1, -0.05) is 41.5 Å². The largest absolute Gasteiger partial charge is 0.313 e. The zero-order valence-corrected chi connectivity index (χ0v) is 14.9. The molecule has 0 bridgehead atoms. The second-order valence-electron chi connectivity index (χ2n) is 7.09. The van der Waals surface area contributed by atoms with Gasteiger partial charge in [-0.3, -0.25) is 4.79 Å². The molecule has 0 spiro atoms. The summed E-state index contributed by atoms with van der Waals surface area (Å²) < 4.78 is 0.0916. The first-order chi connectivity index (χ1) is 8.55. The van der Waals surface area contributed by atoms with E-state index in [4.69, 9.17) is 0 Å². The van der Waals surface area contributed by atoms with Gasteiger partial charge in [0.25, 0.3) is 0 Å². The van der Waals surface area contributed by atoms with Crippen molar-refractivity contribution in [3.63, 3.8) is 0 Å². The maximum atomic E-state index is 12.4. The monoisotopic (exact) mass is 287 g/mol. The third-order valence-electron chi connectivity index (χ3n) is 2.97. The van der Waals surface area contributed by atoms with Gasteiger partial charge in [0.1, 0.15) is 5.78 Å². The number of nitrogens with one attached hydrogen (secondary N) is 1. The average Bonchev–Trinajstić information content (AvgIpc) is 2.23. The van der Waals surface area contributed by atoms with Crippen LogP contribution in [0, 0.1) is 11.8 Å². The van der Waals surface area contributed by atoms with Crippen LogP contribution in [0.4, 0.5) is 0 Å². The van der Waals surface area contributed by atoms with Crippen LogP contribution in [-0.2, 0) is 4.79 Å². The van der Waals surface area contributed by atoms with Crippen LogP contribution in [-0.4, -0.2) is 28.4 Å². The molecule has 0 aromatic rings. The first-order valence-electron chi connectivity index (χ1n) is 7.50. The normalized spacial score (nSPS) is 14.5. The van der Waals surface area contributed by atoms with E-state index in [1.807, 2.05) is 25.6 Å². The number of hydrogen-bond donors (Lipinski definition) is 1. The van der Waals surface area contributed by atoms with E-state index < -0.39 is 0 Å². The van der Waals surface area contributed by atoms with Gasteiger partial charge in [-0.15, -0.1) is 11.8 Å². The summed E-state index contributed by atoms with van der Waals surface area (Å²) in [5, 5.41) is 3.61. The Morgan fingerprint density at radius 1 is 1.11 bits per heavy atom. The van der Waals surface area contributed by atoms with Crippen LogP contribution in [0.2, 0.25) is 0 Å². The number of Topliss-reactive ketones (excluding diaryl/α,β-unsaturated/α-hetero) is 1. The van der Waals surface area contributed by atoms with Gasteiger partial charge in [0.2, 0.25) is 0 Å². The summed E-state index contributed by atoms with van der Waals surface area (Å²) in [4.78, 5) is 12.4. The molecule has 0 amide bonds. The van der Waals surface area contributed by atoms with Crippen LogP contribution in [0.25, 0.3) is 0 Å². The summed E-state index contributed by atoms with van der Waals surface area (Å²) in [5.74, 6) is 1.09. The van der Waals surface area contributed by atoms with Crippen LogP contribution >= 0.6 is 11.8 Å². The predicted octanol–water partition coefficient (Wildman–Crippen LogP) is 4.14. The summed E-state index contributed by atoms with van der Waals surface area (Å²) in [7, 11) is 0. The number of ketones is 1. The van der Waals surface area contributed by atoms with Crippen molar-refractivity contribution in [3.8, 4) is 0 Å². The molecule has 0 saturated carbocycles. The quantitative estimate of drug-likeness (QED) is 0.691. The van der Waals surface area contributed by atoms with Crippen LogP contribution in [0.1, 0.15) is 61.8 Å². The fourth-order valence-corrected chi connectivity index (χ4v) is 3.71. The molecular weight excluding hydrogens is 254 g/mol. The van der Waals surface area contributed by atoms with Gasteiger partial charge in [-0.2, -0.15) is 0 Å². The molecule has 0 aliphatic carbocycles. The molecule has 0 fully saturated rings. The highest BCUT2D eigenvalue weighted by Gasteiger charge is 2.30. The third kappa shape index (κ3) is 8.69. The van der Waals surface area contributed by atoms with Crippen molar-refractivity contribution >= 4 is 17.5 Å². The molecule has 0 aliphatic rings. The van der Waals surface area contributed by atoms with Gasteiger partial charge < -0.3 is 5.32 Å². The fourth-order valence-electron chi connectivity index (χ4n) is 1.90. The van der Waals surface area contributed by atoms with E-state index in [1.54, 1.807) is 0 Å². The summed E-state index contributed by atoms with van der Waals surface area (Å²) >= 11 is 1.84. The Hall–Kier alpha value is -0.0200. The van der Waals surface area contributed by atoms with E-state index in [-0.39, 0.29) is 15.9 Å². The van der Waals surface area contributed by atoms with Gasteiger partial charge in [-0.05, 0) is 26.2 Å². The Morgan fingerprint density at radius 2 is 1.63 bits per heavy atom. The van der Waals surface area contributed by atoms with Crippen molar-refractivity contribution in [1.29, 1.82) is 0 Å². The summed E-state index contributed by atoms with van der Waals surface area (Å²) in [6, 6.07) is 0.490. The first-order valence-corrected chi connectivity index (χ1v) is 8.38. The lowest BCUT2D eigenvalue weighted by atomic mass is 9.99. The number of rotatable bonds is 9. The second-order valence-corrected chi connectivity index (χ2v) is 9.00. The van der Waals surface area contributed by atoms with Gasteiger partial charge in [0.05, 0.1) is 5.25 Å². The molecule has 0 radical (unpaired) electrons. The van der Waals surface area contributed by atoms with Gasteiger partial charge in [0, 0.05) is 23.3 Å². The number of carbonyl (C=O) groups is 1. The third-order valence-corrected chi connectivity index (χ3v) is 4.46. The molecular formula is C16H33NOS. The van der Waals surface area contributed by atoms with Crippen molar-refractivity contribution in [2.75, 3.05) is 6.54 Å². The minimum Gasteiger partial charge on any atom is -0.313 e. The van der Waals surface area contributed by atoms with Crippen LogP contribution in [0.3, 0.4) is 0 Å². The van der Waals surface area contributed by atoms with Crippen molar-refractivity contribution in [2.24, 2.45) is 11.8 Å². The highest BCUT2D eigenvalue weighted by molar-refractivity contribution is 8.01. The van der Waals surface area contributed by atoms with Crippen molar-refractivity contribution in [3.05, 3.63) is 0 Å². The van der Waals surface area contributed by atoms with Crippen molar-refractivity contribution < 1.29 is 4.79 Å². The minimum atomic E-state index is 0.0916. The number of hydrogen-bond acceptors (Lipinski definition) is 3. The van der Waals surface area contributed by atoms with E-state index >= 15 is 0 Å². The molecule has 19 heavy (non-hydrogen) atoms. The molecule has 1 N–H and O–H groups in total. The molecule has 0 aromatic heterocycles. The second kappa shape index (κ2) is 8.31. The highest BCUT2D eigenvalue weighted by Crippen LogP contribution is 2.33. The van der Waals surface area contributed by atoms with Crippen LogP contribution < -0.4 is 5.32 Å². The highest BCUT2D eigenvalue weighted by atomic mass is 32.2. The molecule has 0 rings (SSSR count). The lowest BCUT2D eigenvalue weighted by Crippen LogP contribution is -2.39. The minimum absolute atomic E-state index is 0.0916. The zero-order valence-electron chi connectivity index (χ0n) is 14.0. The van der Waals surface area contributed by atoms with Crippen molar-refractivity contribution in [2.45, 2.75) is 77.8 Å². The molecule has 0 aliphatic heterocycles. The lowest BCUT2D eigenvalue weighted by Gasteiger charge is -2.31. The standard InChI is InChI=1S/C16H33NOS/c1-11(2)9-14(15(18)12(3)4)19-16(7,8)10-17-13(5)6/h11-14,17H,9-10H2,1-8H3/t14-/m0/s1. The molecule has 0 saturated heterocycles. The van der Waals surface area contributed by atoms with E-state index in [1.165, 1.54) is 0 Å². The molecule has 0 aromatic carbocycles. The lowest BCUT2D eigenvalue weighted by molar-refractivity contribution is -0.121. The molecule has 1 atom stereocenters. The smallest absolute Gasteiger partial charge is 0.148 e. The number of carbonyl (C=O) groups excluding carboxylic acids is 1.